The lowest BCUT2D eigenvalue weighted by Gasteiger charge is -2.32. The van der Waals surface area contributed by atoms with Gasteiger partial charge < -0.3 is 14.2 Å². The van der Waals surface area contributed by atoms with Crippen molar-refractivity contribution in [3.8, 4) is 0 Å². The maximum atomic E-state index is 5.93. The molecule has 2 fully saturated rings. The van der Waals surface area contributed by atoms with Gasteiger partial charge in [0.1, 0.15) is 0 Å². The van der Waals surface area contributed by atoms with Crippen LogP contribution in [0.4, 0.5) is 0 Å². The van der Waals surface area contributed by atoms with Gasteiger partial charge in [0.05, 0.1) is 11.2 Å². The summed E-state index contributed by atoms with van der Waals surface area (Å²) in [6.45, 7) is 12.1. The van der Waals surface area contributed by atoms with Crippen molar-refractivity contribution in [3.63, 3.8) is 0 Å². The second-order valence-corrected chi connectivity index (χ2v) is 6.74. The highest BCUT2D eigenvalue weighted by molar-refractivity contribution is 6.51. The van der Waals surface area contributed by atoms with Crippen LogP contribution in [0, 0.1) is 0 Å². The average Bonchev–Trinajstić information content (AvgIpc) is 2.55. The van der Waals surface area contributed by atoms with Gasteiger partial charge in [-0.05, 0) is 60.0 Å². The molecule has 2 aliphatic heterocycles. The monoisotopic (exact) mass is 265 g/mol. The second-order valence-electron chi connectivity index (χ2n) is 6.74. The predicted molar refractivity (Wildman–Crippen MR) is 80.1 cm³/mol. The second kappa shape index (κ2) is 5.98. The quantitative estimate of drug-likeness (QED) is 0.729. The third-order valence-corrected chi connectivity index (χ3v) is 4.63. The summed E-state index contributed by atoms with van der Waals surface area (Å²) < 4.78 is 11.9. The van der Waals surface area contributed by atoms with Gasteiger partial charge >= 0.3 is 7.12 Å². The van der Waals surface area contributed by atoms with Gasteiger partial charge in [-0.15, -0.1) is 0 Å². The predicted octanol–water partition coefficient (Wildman–Crippen LogP) is 3.05. The van der Waals surface area contributed by atoms with Gasteiger partial charge in [0.2, 0.25) is 0 Å². The normalized spacial score (nSPS) is 27.3. The zero-order valence-corrected chi connectivity index (χ0v) is 12.9. The first-order chi connectivity index (χ1) is 8.91. The van der Waals surface area contributed by atoms with Crippen LogP contribution >= 0.6 is 0 Å². The number of hydrogen-bond donors (Lipinski definition) is 0. The Labute approximate surface area is 118 Å². The largest absolute Gasteiger partial charge is 0.486 e. The molecule has 0 unspecified atom stereocenters. The molecule has 0 N–H and O–H groups in total. The van der Waals surface area contributed by atoms with Crippen molar-refractivity contribution in [3.05, 3.63) is 12.1 Å². The summed E-state index contributed by atoms with van der Waals surface area (Å²) in [5.74, 6) is 2.07. The molecular formula is C15H28BNO2. The van der Waals surface area contributed by atoms with Crippen molar-refractivity contribution in [2.24, 2.45) is 0 Å². The first-order valence-corrected chi connectivity index (χ1v) is 7.65. The maximum absolute atomic E-state index is 5.93. The summed E-state index contributed by atoms with van der Waals surface area (Å²) in [5, 5.41) is 0. The van der Waals surface area contributed by atoms with Crippen molar-refractivity contribution >= 4 is 7.12 Å². The Kier molecular flexibility index (Phi) is 4.75. The zero-order valence-electron chi connectivity index (χ0n) is 12.9. The highest BCUT2D eigenvalue weighted by Gasteiger charge is 2.49. The van der Waals surface area contributed by atoms with E-state index in [1.807, 2.05) is 0 Å². The van der Waals surface area contributed by atoms with Crippen LogP contribution in [0.15, 0.2) is 12.1 Å². The number of hydrogen-bond acceptors (Lipinski definition) is 3. The summed E-state index contributed by atoms with van der Waals surface area (Å²) in [6, 6.07) is 0. The summed E-state index contributed by atoms with van der Waals surface area (Å²) in [7, 11) is -0.189. The Bertz CT molecular complexity index is 306. The topological polar surface area (TPSA) is 21.7 Å². The first kappa shape index (κ1) is 15.1. The third kappa shape index (κ3) is 3.83. The van der Waals surface area contributed by atoms with Crippen molar-refractivity contribution in [2.75, 3.05) is 19.6 Å². The van der Waals surface area contributed by atoms with Crippen LogP contribution in [0.5, 0.6) is 0 Å². The Balaban J connectivity index is 1.72. The van der Waals surface area contributed by atoms with E-state index in [4.69, 9.17) is 9.31 Å². The van der Waals surface area contributed by atoms with Gasteiger partial charge in [-0.25, -0.2) is 0 Å². The van der Waals surface area contributed by atoms with Gasteiger partial charge in [0.15, 0.2) is 0 Å². The van der Waals surface area contributed by atoms with Crippen LogP contribution in [0.2, 0.25) is 0 Å². The summed E-state index contributed by atoms with van der Waals surface area (Å²) in [5.41, 5.74) is -0.455. The lowest BCUT2D eigenvalue weighted by molar-refractivity contribution is 0.00578. The molecule has 0 saturated carbocycles. The minimum absolute atomic E-state index is 0.189. The molecule has 2 rings (SSSR count). The van der Waals surface area contributed by atoms with Crippen LogP contribution < -0.4 is 0 Å². The molecular weight excluding hydrogens is 237 g/mol. The van der Waals surface area contributed by atoms with E-state index < -0.39 is 0 Å². The molecule has 0 radical (unpaired) electrons. The van der Waals surface area contributed by atoms with Gasteiger partial charge in [-0.1, -0.05) is 18.5 Å². The Morgan fingerprint density at radius 2 is 1.58 bits per heavy atom. The van der Waals surface area contributed by atoms with Crippen LogP contribution in [0.25, 0.3) is 0 Å². The van der Waals surface area contributed by atoms with Crippen molar-refractivity contribution < 1.29 is 9.31 Å². The standard InChI is InChI=1S/C15H28BNO2/c1-14(2)15(3,4)19-16(18-14)10-6-9-13-17-11-7-5-8-12-17/h6,10H,5,7-9,11-13H2,1-4H3/b10-6+. The van der Waals surface area contributed by atoms with Crippen molar-refractivity contribution in [1.82, 2.24) is 4.90 Å². The van der Waals surface area contributed by atoms with Crippen LogP contribution in [0.3, 0.4) is 0 Å². The molecule has 2 aliphatic rings. The number of likely N-dealkylation sites (tertiary alicyclic amines) is 1. The minimum atomic E-state index is -0.227. The Hall–Kier alpha value is -0.315. The highest BCUT2D eigenvalue weighted by atomic mass is 16.7. The van der Waals surface area contributed by atoms with Crippen LogP contribution in [-0.4, -0.2) is 42.9 Å². The molecule has 0 aromatic rings. The third-order valence-electron chi connectivity index (χ3n) is 4.63. The molecule has 0 aromatic carbocycles. The van der Waals surface area contributed by atoms with E-state index >= 15 is 0 Å². The average molecular weight is 265 g/mol. The van der Waals surface area contributed by atoms with E-state index in [-0.39, 0.29) is 18.3 Å². The minimum Gasteiger partial charge on any atom is -0.400 e. The molecule has 0 atom stereocenters. The van der Waals surface area contributed by atoms with E-state index in [1.54, 1.807) is 0 Å². The molecule has 0 amide bonds. The lowest BCUT2D eigenvalue weighted by Crippen LogP contribution is -2.41. The number of rotatable bonds is 4. The lowest BCUT2D eigenvalue weighted by atomic mass is 9.90. The van der Waals surface area contributed by atoms with Crippen LogP contribution in [-0.2, 0) is 9.31 Å². The van der Waals surface area contributed by atoms with E-state index in [2.05, 4.69) is 44.6 Å². The van der Waals surface area contributed by atoms with E-state index in [0.717, 1.165) is 13.0 Å². The van der Waals surface area contributed by atoms with E-state index in [9.17, 15) is 0 Å². The fourth-order valence-corrected chi connectivity index (χ4v) is 2.61. The summed E-state index contributed by atoms with van der Waals surface area (Å²) in [6.07, 6.45) is 7.42. The fourth-order valence-electron chi connectivity index (χ4n) is 2.61. The number of piperidine rings is 1. The summed E-state index contributed by atoms with van der Waals surface area (Å²) in [4.78, 5) is 2.55. The van der Waals surface area contributed by atoms with Gasteiger partial charge in [0, 0.05) is 6.54 Å². The van der Waals surface area contributed by atoms with Gasteiger partial charge in [-0.2, -0.15) is 0 Å². The van der Waals surface area contributed by atoms with Gasteiger partial charge in [-0.3, -0.25) is 0 Å². The SMILES string of the molecule is CC1(C)OB(/C=C/CCN2CCCCC2)OC1(C)C. The summed E-state index contributed by atoms with van der Waals surface area (Å²) >= 11 is 0. The van der Waals surface area contributed by atoms with Crippen molar-refractivity contribution in [2.45, 2.75) is 64.6 Å². The molecule has 2 saturated heterocycles. The molecule has 0 spiro atoms. The van der Waals surface area contributed by atoms with E-state index in [1.165, 1.54) is 32.4 Å². The molecule has 2 heterocycles. The van der Waals surface area contributed by atoms with Crippen molar-refractivity contribution in [1.29, 1.82) is 0 Å². The molecule has 4 heteroatoms. The number of nitrogens with zero attached hydrogens (tertiary/aromatic N) is 1. The molecule has 0 bridgehead atoms. The fraction of sp³-hybridized carbons (Fsp3) is 0.867. The zero-order chi connectivity index (χ0) is 13.9. The molecule has 0 aliphatic carbocycles. The highest BCUT2D eigenvalue weighted by Crippen LogP contribution is 2.36. The first-order valence-electron chi connectivity index (χ1n) is 7.65. The Morgan fingerprint density at radius 1 is 1.00 bits per heavy atom. The smallest absolute Gasteiger partial charge is 0.400 e. The Morgan fingerprint density at radius 3 is 2.16 bits per heavy atom. The molecule has 0 aromatic heterocycles. The van der Waals surface area contributed by atoms with E-state index in [0.29, 0.717) is 0 Å². The van der Waals surface area contributed by atoms with Gasteiger partial charge in [0.25, 0.3) is 0 Å². The molecule has 3 nitrogen and oxygen atoms in total. The molecule has 19 heavy (non-hydrogen) atoms. The molecule has 108 valence electrons. The maximum Gasteiger partial charge on any atom is 0.486 e. The van der Waals surface area contributed by atoms with Crippen LogP contribution in [0.1, 0.15) is 53.4 Å².